The summed E-state index contributed by atoms with van der Waals surface area (Å²) in [6.45, 7) is 6.20. The number of carboxylic acids is 1. The largest absolute Gasteiger partial charge is 0.475 e. The predicted octanol–water partition coefficient (Wildman–Crippen LogP) is 3.20. The van der Waals surface area contributed by atoms with E-state index in [1.54, 1.807) is 0 Å². The van der Waals surface area contributed by atoms with Crippen molar-refractivity contribution in [1.82, 2.24) is 14.8 Å². The van der Waals surface area contributed by atoms with Gasteiger partial charge in [-0.2, -0.15) is 4.98 Å². The molecule has 1 aliphatic heterocycles. The summed E-state index contributed by atoms with van der Waals surface area (Å²) in [6.07, 6.45) is 2.07. The van der Waals surface area contributed by atoms with E-state index in [4.69, 9.17) is 0 Å². The second-order valence-corrected chi connectivity index (χ2v) is 7.96. The average molecular weight is 366 g/mol. The van der Waals surface area contributed by atoms with Gasteiger partial charge in [-0.25, -0.2) is 9.48 Å². The second-order valence-electron chi connectivity index (χ2n) is 7.96. The molecule has 1 aromatic carbocycles. The van der Waals surface area contributed by atoms with Gasteiger partial charge in [-0.1, -0.05) is 45.0 Å². The van der Waals surface area contributed by atoms with Gasteiger partial charge in [0.1, 0.15) is 6.04 Å². The van der Waals surface area contributed by atoms with E-state index in [2.05, 4.69) is 36.2 Å². The third-order valence-corrected chi connectivity index (χ3v) is 5.23. The van der Waals surface area contributed by atoms with Crippen molar-refractivity contribution >= 4 is 17.7 Å². The summed E-state index contributed by atoms with van der Waals surface area (Å²) in [6, 6.07) is 7.57. The van der Waals surface area contributed by atoms with Gasteiger partial charge in [0.2, 0.25) is 5.95 Å². The second kappa shape index (κ2) is 6.04. The van der Waals surface area contributed by atoms with Crippen LogP contribution in [-0.2, 0) is 11.2 Å². The number of ketones is 1. The lowest BCUT2D eigenvalue weighted by Crippen LogP contribution is -2.36. The van der Waals surface area contributed by atoms with Gasteiger partial charge in [-0.3, -0.25) is 4.79 Å². The molecule has 4 rings (SSSR count). The number of nitrogens with one attached hydrogen (secondary N) is 1. The van der Waals surface area contributed by atoms with Gasteiger partial charge in [-0.15, -0.1) is 5.10 Å². The molecule has 7 nitrogen and oxygen atoms in total. The summed E-state index contributed by atoms with van der Waals surface area (Å²) in [5.74, 6) is -1.04. The molecule has 2 aliphatic rings. The number of hydrogen-bond acceptors (Lipinski definition) is 5. The third-order valence-electron chi connectivity index (χ3n) is 5.23. The maximum absolute atomic E-state index is 13.0. The van der Waals surface area contributed by atoms with Gasteiger partial charge in [0.15, 0.2) is 5.78 Å². The molecule has 0 spiro atoms. The van der Waals surface area contributed by atoms with Crippen molar-refractivity contribution < 1.29 is 14.7 Å². The maximum Gasteiger partial charge on any atom is 0.375 e. The average Bonchev–Trinajstić information content (AvgIpc) is 3.03. The van der Waals surface area contributed by atoms with E-state index >= 15 is 0 Å². The summed E-state index contributed by atoms with van der Waals surface area (Å²) in [4.78, 5) is 28.5. The number of aromatic carboxylic acids is 1. The fraction of sp³-hybridized carbons (Fsp3) is 0.400. The number of rotatable bonds is 3. The van der Waals surface area contributed by atoms with Crippen molar-refractivity contribution in [2.75, 3.05) is 5.32 Å². The zero-order chi connectivity index (χ0) is 19.3. The lowest BCUT2D eigenvalue weighted by molar-refractivity contribution is -0.118. The smallest absolute Gasteiger partial charge is 0.375 e. The van der Waals surface area contributed by atoms with E-state index in [1.807, 2.05) is 24.3 Å². The monoisotopic (exact) mass is 366 g/mol. The number of allylic oxidation sites excluding steroid dienone is 2. The molecule has 0 saturated heterocycles. The summed E-state index contributed by atoms with van der Waals surface area (Å²) in [5.41, 5.74) is 3.42. The Morgan fingerprint density at radius 1 is 1.30 bits per heavy atom. The molecule has 0 amide bonds. The standard InChI is InChI=1S/C20H22N4O3/c1-4-11-5-7-12(8-6-11)16-15-13(9-20(2,3)10-14(15)25)21-19-22-17(18(26)27)23-24(16)19/h5-8,16H,4,9-10H2,1-3H3,(H,26,27)(H,21,22,23)/t16-/m0/s1. The number of nitrogens with zero attached hydrogens (tertiary/aromatic N) is 3. The van der Waals surface area contributed by atoms with Crippen molar-refractivity contribution in [2.24, 2.45) is 5.41 Å². The molecule has 0 unspecified atom stereocenters. The number of carbonyl (C=O) groups is 2. The number of fused-ring (bicyclic) bond motifs is 1. The molecule has 2 aromatic rings. The highest BCUT2D eigenvalue weighted by Crippen LogP contribution is 2.45. The van der Waals surface area contributed by atoms with Gasteiger partial charge in [0.05, 0.1) is 0 Å². The Bertz CT molecular complexity index is 970. The first-order chi connectivity index (χ1) is 12.8. The first-order valence-electron chi connectivity index (χ1n) is 9.11. The normalized spacial score (nSPS) is 20.7. The predicted molar refractivity (Wildman–Crippen MR) is 99.6 cm³/mol. The van der Waals surface area contributed by atoms with Crippen molar-refractivity contribution in [3.8, 4) is 0 Å². The summed E-state index contributed by atoms with van der Waals surface area (Å²) >= 11 is 0. The van der Waals surface area contributed by atoms with Gasteiger partial charge in [-0.05, 0) is 29.4 Å². The number of benzene rings is 1. The molecule has 27 heavy (non-hydrogen) atoms. The summed E-state index contributed by atoms with van der Waals surface area (Å²) in [5, 5.41) is 16.6. The highest BCUT2D eigenvalue weighted by molar-refractivity contribution is 6.00. The molecule has 2 N–H and O–H groups in total. The zero-order valence-corrected chi connectivity index (χ0v) is 15.6. The molecule has 0 bridgehead atoms. The molecule has 1 atom stereocenters. The summed E-state index contributed by atoms with van der Waals surface area (Å²) in [7, 11) is 0. The molecule has 0 saturated carbocycles. The van der Waals surface area contributed by atoms with Crippen LogP contribution in [0.2, 0.25) is 0 Å². The van der Waals surface area contributed by atoms with E-state index < -0.39 is 12.0 Å². The van der Waals surface area contributed by atoms with Crippen molar-refractivity contribution in [3.05, 3.63) is 52.5 Å². The molecular weight excluding hydrogens is 344 g/mol. The van der Waals surface area contributed by atoms with Crippen LogP contribution in [-0.4, -0.2) is 31.6 Å². The van der Waals surface area contributed by atoms with E-state index in [0.29, 0.717) is 24.4 Å². The van der Waals surface area contributed by atoms with Crippen LogP contribution in [0.4, 0.5) is 5.95 Å². The van der Waals surface area contributed by atoms with Crippen LogP contribution < -0.4 is 5.32 Å². The van der Waals surface area contributed by atoms with Crippen LogP contribution >= 0.6 is 0 Å². The molecule has 7 heteroatoms. The van der Waals surface area contributed by atoms with E-state index in [-0.39, 0.29) is 17.0 Å². The van der Waals surface area contributed by atoms with Crippen LogP contribution in [0.3, 0.4) is 0 Å². The lowest BCUT2D eigenvalue weighted by Gasteiger charge is -2.38. The van der Waals surface area contributed by atoms with Crippen molar-refractivity contribution in [2.45, 2.75) is 46.1 Å². The fourth-order valence-electron chi connectivity index (χ4n) is 3.94. The number of anilines is 1. The topological polar surface area (TPSA) is 97.1 Å². The SMILES string of the molecule is CCc1ccc([C@H]2C3=C(CC(C)(C)CC3=O)Nc3nc(C(=O)O)nn32)cc1. The number of carboxylic acid groups (broad SMARTS) is 1. The minimum Gasteiger partial charge on any atom is -0.475 e. The number of carbonyl (C=O) groups excluding carboxylic acids is 1. The third kappa shape index (κ3) is 2.93. The van der Waals surface area contributed by atoms with E-state index in [9.17, 15) is 14.7 Å². The van der Waals surface area contributed by atoms with Gasteiger partial charge >= 0.3 is 5.97 Å². The van der Waals surface area contributed by atoms with Crippen LogP contribution in [0.15, 0.2) is 35.5 Å². The minimum atomic E-state index is -1.19. The Kier molecular flexibility index (Phi) is 3.91. The molecule has 2 heterocycles. The fourth-order valence-corrected chi connectivity index (χ4v) is 3.94. The number of hydrogen-bond donors (Lipinski definition) is 2. The molecule has 140 valence electrons. The summed E-state index contributed by atoms with van der Waals surface area (Å²) < 4.78 is 1.53. The molecule has 0 radical (unpaired) electrons. The maximum atomic E-state index is 13.0. The Balaban J connectivity index is 1.89. The number of Topliss-reactive ketones (excluding diaryl/α,β-unsaturated/α-hetero) is 1. The van der Waals surface area contributed by atoms with E-state index in [0.717, 1.165) is 17.7 Å². The van der Waals surface area contributed by atoms with Crippen LogP contribution in [0.1, 0.15) is 61.4 Å². The van der Waals surface area contributed by atoms with Gasteiger partial charge < -0.3 is 10.4 Å². The van der Waals surface area contributed by atoms with Crippen LogP contribution in [0.25, 0.3) is 0 Å². The Morgan fingerprint density at radius 3 is 2.63 bits per heavy atom. The van der Waals surface area contributed by atoms with Crippen LogP contribution in [0.5, 0.6) is 0 Å². The zero-order valence-electron chi connectivity index (χ0n) is 15.6. The highest BCUT2D eigenvalue weighted by Gasteiger charge is 2.42. The van der Waals surface area contributed by atoms with Crippen molar-refractivity contribution in [1.29, 1.82) is 0 Å². The lowest BCUT2D eigenvalue weighted by atomic mass is 9.73. The van der Waals surface area contributed by atoms with E-state index in [1.165, 1.54) is 10.2 Å². The molecular formula is C20H22N4O3. The number of aryl methyl sites for hydroxylation is 1. The van der Waals surface area contributed by atoms with Crippen LogP contribution in [0, 0.1) is 5.41 Å². The number of aromatic nitrogens is 3. The van der Waals surface area contributed by atoms with Crippen molar-refractivity contribution in [3.63, 3.8) is 0 Å². The Labute approximate surface area is 157 Å². The molecule has 1 aliphatic carbocycles. The van der Waals surface area contributed by atoms with Gasteiger partial charge in [0.25, 0.3) is 5.82 Å². The quantitative estimate of drug-likeness (QED) is 0.866. The first kappa shape index (κ1) is 17.5. The molecule has 1 aromatic heterocycles. The first-order valence-corrected chi connectivity index (χ1v) is 9.11. The Morgan fingerprint density at radius 2 is 2.00 bits per heavy atom. The minimum absolute atomic E-state index is 0.0661. The van der Waals surface area contributed by atoms with Gasteiger partial charge in [0, 0.05) is 17.7 Å². The molecule has 0 fully saturated rings. The Hall–Kier alpha value is -2.96. The highest BCUT2D eigenvalue weighted by atomic mass is 16.4.